The van der Waals surface area contributed by atoms with E-state index in [0.717, 1.165) is 5.39 Å². The summed E-state index contributed by atoms with van der Waals surface area (Å²) >= 11 is 11.6. The number of fused-ring (bicyclic) bond motifs is 1. The number of carbonyl (C=O) groups is 2. The number of aromatic nitrogens is 1. The number of nitrogens with zero attached hydrogens (tertiary/aromatic N) is 1. The minimum Gasteiger partial charge on any atom is -0.454 e. The van der Waals surface area contributed by atoms with Gasteiger partial charge in [0.15, 0.2) is 12.4 Å². The van der Waals surface area contributed by atoms with Crippen LogP contribution in [-0.4, -0.2) is 23.3 Å². The zero-order valence-corrected chi connectivity index (χ0v) is 13.8. The fourth-order valence-corrected chi connectivity index (χ4v) is 2.44. The number of carbonyl (C=O) groups excluding carboxylic acids is 2. The van der Waals surface area contributed by atoms with Gasteiger partial charge in [0.25, 0.3) is 0 Å². The van der Waals surface area contributed by atoms with Gasteiger partial charge in [0.1, 0.15) is 5.15 Å². The van der Waals surface area contributed by atoms with E-state index >= 15 is 0 Å². The lowest BCUT2D eigenvalue weighted by Gasteiger charge is -2.06. The van der Waals surface area contributed by atoms with E-state index < -0.39 is 5.97 Å². The van der Waals surface area contributed by atoms with Crippen LogP contribution in [0, 0.1) is 0 Å². The van der Waals surface area contributed by atoms with Crippen LogP contribution in [0.5, 0.6) is 0 Å². The van der Waals surface area contributed by atoms with Crippen molar-refractivity contribution in [1.82, 2.24) is 4.98 Å². The molecule has 0 aliphatic heterocycles. The number of ketones is 1. The van der Waals surface area contributed by atoms with Gasteiger partial charge in [-0.15, -0.1) is 0 Å². The monoisotopic (exact) mass is 359 g/mol. The van der Waals surface area contributed by atoms with Crippen molar-refractivity contribution in [3.63, 3.8) is 0 Å². The minimum atomic E-state index is -0.575. The summed E-state index contributed by atoms with van der Waals surface area (Å²) in [6, 6.07) is 14.7. The first kappa shape index (κ1) is 16.4. The molecule has 0 radical (unpaired) electrons. The number of ether oxygens (including phenoxy) is 1. The second kappa shape index (κ2) is 6.99. The van der Waals surface area contributed by atoms with E-state index in [1.165, 1.54) is 0 Å². The maximum absolute atomic E-state index is 12.1. The normalized spacial score (nSPS) is 10.6. The maximum Gasteiger partial charge on any atom is 0.338 e. The van der Waals surface area contributed by atoms with Gasteiger partial charge in [0.05, 0.1) is 11.1 Å². The molecule has 4 nitrogen and oxygen atoms in total. The van der Waals surface area contributed by atoms with Crippen LogP contribution in [0.4, 0.5) is 0 Å². The summed E-state index contributed by atoms with van der Waals surface area (Å²) in [4.78, 5) is 28.2. The molecule has 0 unspecified atom stereocenters. The van der Waals surface area contributed by atoms with Gasteiger partial charge in [-0.2, -0.15) is 0 Å². The lowest BCUT2D eigenvalue weighted by atomic mass is 10.1. The Balaban J connectivity index is 1.69. The Morgan fingerprint density at radius 1 is 0.917 bits per heavy atom. The molecule has 0 amide bonds. The molecule has 0 fully saturated rings. The number of halogens is 2. The van der Waals surface area contributed by atoms with Crippen molar-refractivity contribution < 1.29 is 14.3 Å². The molecular formula is C18H11Cl2NO3. The summed E-state index contributed by atoms with van der Waals surface area (Å²) in [6.45, 7) is -0.336. The number of hydrogen-bond donors (Lipinski definition) is 0. The molecule has 1 aromatic heterocycles. The summed E-state index contributed by atoms with van der Waals surface area (Å²) in [6.07, 6.45) is 0. The molecule has 0 bridgehead atoms. The molecule has 0 N–H and O–H groups in total. The molecule has 3 rings (SSSR count). The van der Waals surface area contributed by atoms with Gasteiger partial charge in [-0.3, -0.25) is 4.79 Å². The van der Waals surface area contributed by atoms with Crippen molar-refractivity contribution in [2.75, 3.05) is 6.61 Å². The predicted octanol–water partition coefficient (Wildman–Crippen LogP) is 4.58. The largest absolute Gasteiger partial charge is 0.454 e. The van der Waals surface area contributed by atoms with Crippen molar-refractivity contribution in [3.05, 3.63) is 75.9 Å². The molecular weight excluding hydrogens is 349 g/mol. The lowest BCUT2D eigenvalue weighted by molar-refractivity contribution is 0.0475. The molecule has 0 atom stereocenters. The molecule has 0 saturated carbocycles. The molecule has 24 heavy (non-hydrogen) atoms. The van der Waals surface area contributed by atoms with Gasteiger partial charge in [-0.1, -0.05) is 23.2 Å². The van der Waals surface area contributed by atoms with Gasteiger partial charge in [0.2, 0.25) is 0 Å². The van der Waals surface area contributed by atoms with Crippen LogP contribution in [0.25, 0.3) is 10.9 Å². The molecule has 6 heteroatoms. The third-order valence-corrected chi connectivity index (χ3v) is 3.85. The summed E-state index contributed by atoms with van der Waals surface area (Å²) in [5.41, 5.74) is 1.45. The van der Waals surface area contributed by atoms with Gasteiger partial charge < -0.3 is 4.74 Å². The quantitative estimate of drug-likeness (QED) is 0.388. The zero-order chi connectivity index (χ0) is 17.1. The minimum absolute atomic E-state index is 0.297. The molecule has 120 valence electrons. The fraction of sp³-hybridized carbons (Fsp3) is 0.0556. The van der Waals surface area contributed by atoms with Gasteiger partial charge in [-0.05, 0) is 54.6 Å². The Hall–Kier alpha value is -2.43. The standard InChI is InChI=1S/C18H11Cl2NO3/c19-14-5-1-11(2-6-14)16(22)10-24-18(23)13-3-7-15-12(9-13)4-8-17(20)21-15/h1-9H,10H2. The van der Waals surface area contributed by atoms with Crippen molar-refractivity contribution in [3.8, 4) is 0 Å². The Kier molecular flexibility index (Phi) is 4.79. The highest BCUT2D eigenvalue weighted by Crippen LogP contribution is 2.18. The molecule has 1 heterocycles. The van der Waals surface area contributed by atoms with Gasteiger partial charge >= 0.3 is 5.97 Å². The molecule has 3 aromatic rings. The number of benzene rings is 2. The van der Waals surface area contributed by atoms with E-state index in [0.29, 0.717) is 26.8 Å². The van der Waals surface area contributed by atoms with E-state index in [-0.39, 0.29) is 12.4 Å². The van der Waals surface area contributed by atoms with Crippen LogP contribution >= 0.6 is 23.2 Å². The maximum atomic E-state index is 12.1. The second-order valence-electron chi connectivity index (χ2n) is 5.05. The number of rotatable bonds is 4. The summed E-state index contributed by atoms with van der Waals surface area (Å²) in [7, 11) is 0. The molecule has 0 aliphatic carbocycles. The number of hydrogen-bond acceptors (Lipinski definition) is 4. The molecule has 2 aromatic carbocycles. The topological polar surface area (TPSA) is 56.3 Å². The van der Waals surface area contributed by atoms with Gasteiger partial charge in [0, 0.05) is 16.0 Å². The molecule has 0 saturated heterocycles. The third kappa shape index (κ3) is 3.72. The van der Waals surface area contributed by atoms with Crippen LogP contribution in [0.15, 0.2) is 54.6 Å². The van der Waals surface area contributed by atoms with E-state index in [2.05, 4.69) is 4.98 Å². The Morgan fingerprint density at radius 2 is 1.62 bits per heavy atom. The van der Waals surface area contributed by atoms with Crippen molar-refractivity contribution in [1.29, 1.82) is 0 Å². The molecule has 0 aliphatic rings. The SMILES string of the molecule is O=C(COC(=O)c1ccc2nc(Cl)ccc2c1)c1ccc(Cl)cc1. The van der Waals surface area contributed by atoms with E-state index in [1.807, 2.05) is 0 Å². The second-order valence-corrected chi connectivity index (χ2v) is 5.87. The average molecular weight is 360 g/mol. The number of esters is 1. The first-order chi connectivity index (χ1) is 11.5. The fourth-order valence-electron chi connectivity index (χ4n) is 2.16. The highest BCUT2D eigenvalue weighted by molar-refractivity contribution is 6.30. The van der Waals surface area contributed by atoms with Crippen LogP contribution < -0.4 is 0 Å². The number of Topliss-reactive ketones (excluding diaryl/α,β-unsaturated/α-hetero) is 1. The highest BCUT2D eigenvalue weighted by Gasteiger charge is 2.12. The van der Waals surface area contributed by atoms with Crippen molar-refractivity contribution in [2.45, 2.75) is 0 Å². The number of pyridine rings is 1. The van der Waals surface area contributed by atoms with E-state index in [1.54, 1.807) is 54.6 Å². The van der Waals surface area contributed by atoms with Crippen molar-refractivity contribution >= 4 is 45.9 Å². The highest BCUT2D eigenvalue weighted by atomic mass is 35.5. The molecule has 0 spiro atoms. The summed E-state index contributed by atoms with van der Waals surface area (Å²) < 4.78 is 5.08. The first-order valence-corrected chi connectivity index (χ1v) is 7.81. The average Bonchev–Trinajstić information content (AvgIpc) is 2.59. The van der Waals surface area contributed by atoms with Crippen molar-refractivity contribution in [2.24, 2.45) is 0 Å². The summed E-state index contributed by atoms with van der Waals surface area (Å²) in [5.74, 6) is -0.872. The van der Waals surface area contributed by atoms with Crippen LogP contribution in [0.2, 0.25) is 10.2 Å². The third-order valence-electron chi connectivity index (χ3n) is 3.39. The zero-order valence-electron chi connectivity index (χ0n) is 12.3. The van der Waals surface area contributed by atoms with Gasteiger partial charge in [-0.25, -0.2) is 9.78 Å². The Labute approximate surface area is 148 Å². The lowest BCUT2D eigenvalue weighted by Crippen LogP contribution is -2.14. The van der Waals surface area contributed by atoms with Crippen LogP contribution in [0.3, 0.4) is 0 Å². The van der Waals surface area contributed by atoms with Crippen LogP contribution in [0.1, 0.15) is 20.7 Å². The first-order valence-electron chi connectivity index (χ1n) is 7.05. The van der Waals surface area contributed by atoms with E-state index in [9.17, 15) is 9.59 Å². The van der Waals surface area contributed by atoms with E-state index in [4.69, 9.17) is 27.9 Å². The Morgan fingerprint density at radius 3 is 2.38 bits per heavy atom. The van der Waals surface area contributed by atoms with Crippen LogP contribution in [-0.2, 0) is 4.74 Å². The smallest absolute Gasteiger partial charge is 0.338 e. The summed E-state index contributed by atoms with van der Waals surface area (Å²) in [5, 5.41) is 1.68. The Bertz CT molecular complexity index is 923. The predicted molar refractivity (Wildman–Crippen MR) is 92.8 cm³/mol.